The van der Waals surface area contributed by atoms with E-state index in [1.165, 1.54) is 17.0 Å². The third kappa shape index (κ3) is 3.27. The Morgan fingerprint density at radius 2 is 1.58 bits per heavy atom. The summed E-state index contributed by atoms with van der Waals surface area (Å²) >= 11 is 5.81. The normalized spacial score (nSPS) is 25.8. The molecule has 156 valence electrons. The quantitative estimate of drug-likeness (QED) is 0.309. The Hall–Kier alpha value is -3.25. The van der Waals surface area contributed by atoms with Gasteiger partial charge in [-0.05, 0) is 60.7 Å². The SMILES string of the molecule is O=C(COC(=O)c1cccc(N2C(=O)C3C4C=CC(C4)C3C2=O)c1)c1ccc(Cl)cc1. The van der Waals surface area contributed by atoms with Gasteiger partial charge in [0.05, 0.1) is 23.1 Å². The van der Waals surface area contributed by atoms with E-state index >= 15 is 0 Å². The Kier molecular flexibility index (Phi) is 4.74. The van der Waals surface area contributed by atoms with Gasteiger partial charge in [-0.15, -0.1) is 0 Å². The van der Waals surface area contributed by atoms with Gasteiger partial charge >= 0.3 is 5.97 Å². The van der Waals surface area contributed by atoms with Crippen molar-refractivity contribution in [2.24, 2.45) is 23.7 Å². The summed E-state index contributed by atoms with van der Waals surface area (Å²) in [5, 5.41) is 0.504. The monoisotopic (exact) mass is 435 g/mol. The van der Waals surface area contributed by atoms with E-state index in [4.69, 9.17) is 16.3 Å². The van der Waals surface area contributed by atoms with Crippen LogP contribution in [0.5, 0.6) is 0 Å². The fourth-order valence-corrected chi connectivity index (χ4v) is 4.99. The number of esters is 1. The van der Waals surface area contributed by atoms with Crippen LogP contribution in [0, 0.1) is 23.7 Å². The molecule has 1 saturated carbocycles. The van der Waals surface area contributed by atoms with Crippen molar-refractivity contribution < 1.29 is 23.9 Å². The number of benzene rings is 2. The second-order valence-electron chi connectivity index (χ2n) is 8.07. The number of fused-ring (bicyclic) bond motifs is 5. The molecule has 1 aliphatic heterocycles. The Labute approximate surface area is 183 Å². The lowest BCUT2D eigenvalue weighted by molar-refractivity contribution is -0.123. The first-order valence-electron chi connectivity index (χ1n) is 10.1. The van der Waals surface area contributed by atoms with E-state index < -0.39 is 12.6 Å². The van der Waals surface area contributed by atoms with Crippen LogP contribution < -0.4 is 4.90 Å². The Bertz CT molecular complexity index is 1110. The highest BCUT2D eigenvalue weighted by Gasteiger charge is 2.59. The van der Waals surface area contributed by atoms with Crippen LogP contribution in [0.1, 0.15) is 27.1 Å². The number of rotatable bonds is 5. The summed E-state index contributed by atoms with van der Waals surface area (Å²) in [5.41, 5.74) is 0.899. The second kappa shape index (κ2) is 7.46. The molecule has 2 aromatic carbocycles. The lowest BCUT2D eigenvalue weighted by Crippen LogP contribution is -2.33. The number of ketones is 1. The largest absolute Gasteiger partial charge is 0.454 e. The van der Waals surface area contributed by atoms with Crippen LogP contribution in [0.3, 0.4) is 0 Å². The third-order valence-electron chi connectivity index (χ3n) is 6.31. The zero-order valence-electron chi connectivity index (χ0n) is 16.4. The van der Waals surface area contributed by atoms with E-state index in [1.54, 1.807) is 36.4 Å². The zero-order chi connectivity index (χ0) is 21.7. The van der Waals surface area contributed by atoms with Gasteiger partial charge in [0.25, 0.3) is 0 Å². The summed E-state index contributed by atoms with van der Waals surface area (Å²) in [4.78, 5) is 51.8. The summed E-state index contributed by atoms with van der Waals surface area (Å²) in [6, 6.07) is 12.5. The highest BCUT2D eigenvalue weighted by molar-refractivity contribution is 6.30. The smallest absolute Gasteiger partial charge is 0.338 e. The molecule has 1 saturated heterocycles. The molecule has 2 amide bonds. The molecule has 2 aromatic rings. The van der Waals surface area contributed by atoms with Crippen molar-refractivity contribution in [2.45, 2.75) is 6.42 Å². The van der Waals surface area contributed by atoms with Crippen LogP contribution in [0.4, 0.5) is 5.69 Å². The number of imide groups is 1. The van der Waals surface area contributed by atoms with Gasteiger partial charge in [0.15, 0.2) is 12.4 Å². The van der Waals surface area contributed by atoms with Gasteiger partial charge in [0.2, 0.25) is 11.8 Å². The van der Waals surface area contributed by atoms with E-state index in [0.29, 0.717) is 16.3 Å². The highest BCUT2D eigenvalue weighted by Crippen LogP contribution is 2.53. The number of hydrogen-bond donors (Lipinski definition) is 0. The van der Waals surface area contributed by atoms with Gasteiger partial charge in [-0.2, -0.15) is 0 Å². The first-order chi connectivity index (χ1) is 14.9. The molecule has 2 aliphatic carbocycles. The van der Waals surface area contributed by atoms with Crippen molar-refractivity contribution in [1.82, 2.24) is 0 Å². The van der Waals surface area contributed by atoms with Gasteiger partial charge in [0.1, 0.15) is 0 Å². The summed E-state index contributed by atoms with van der Waals surface area (Å²) in [5.74, 6) is -1.88. The number of carbonyl (C=O) groups is 4. The van der Waals surface area contributed by atoms with E-state index in [9.17, 15) is 19.2 Å². The molecule has 0 aromatic heterocycles. The minimum absolute atomic E-state index is 0.114. The molecular weight excluding hydrogens is 418 g/mol. The molecule has 1 heterocycles. The molecule has 2 fully saturated rings. The molecule has 0 spiro atoms. The predicted octanol–water partition coefficient (Wildman–Crippen LogP) is 3.69. The van der Waals surface area contributed by atoms with Gasteiger partial charge in [-0.1, -0.05) is 29.8 Å². The van der Waals surface area contributed by atoms with E-state index in [0.717, 1.165) is 6.42 Å². The molecule has 3 aliphatic rings. The van der Waals surface area contributed by atoms with Crippen molar-refractivity contribution in [1.29, 1.82) is 0 Å². The lowest BCUT2D eigenvalue weighted by Gasteiger charge is -2.18. The second-order valence-corrected chi connectivity index (χ2v) is 8.50. The fraction of sp³-hybridized carbons (Fsp3) is 0.250. The average molecular weight is 436 g/mol. The number of nitrogens with zero attached hydrogens (tertiary/aromatic N) is 1. The van der Waals surface area contributed by atoms with Crippen molar-refractivity contribution in [3.63, 3.8) is 0 Å². The van der Waals surface area contributed by atoms with Gasteiger partial charge in [-0.3, -0.25) is 14.4 Å². The van der Waals surface area contributed by atoms with Crippen LogP contribution in [-0.4, -0.2) is 30.2 Å². The number of hydrogen-bond acceptors (Lipinski definition) is 5. The van der Waals surface area contributed by atoms with Crippen LogP contribution in [-0.2, 0) is 14.3 Å². The summed E-state index contributed by atoms with van der Waals surface area (Å²) in [6.45, 7) is -0.425. The fourth-order valence-electron chi connectivity index (χ4n) is 4.86. The number of ether oxygens (including phenoxy) is 1. The summed E-state index contributed by atoms with van der Waals surface area (Å²) in [7, 11) is 0. The molecule has 7 heteroatoms. The zero-order valence-corrected chi connectivity index (χ0v) is 17.1. The molecule has 0 radical (unpaired) electrons. The Balaban J connectivity index is 1.30. The molecule has 4 atom stereocenters. The van der Waals surface area contributed by atoms with Gasteiger partial charge in [0, 0.05) is 10.6 Å². The van der Waals surface area contributed by atoms with E-state index in [1.807, 2.05) is 12.2 Å². The number of allylic oxidation sites excluding steroid dienone is 2. The topological polar surface area (TPSA) is 80.8 Å². The Morgan fingerprint density at radius 3 is 2.23 bits per heavy atom. The minimum Gasteiger partial charge on any atom is -0.454 e. The minimum atomic E-state index is -0.704. The molecule has 31 heavy (non-hydrogen) atoms. The molecule has 2 bridgehead atoms. The summed E-state index contributed by atoms with van der Waals surface area (Å²) < 4.78 is 5.14. The van der Waals surface area contributed by atoms with Crippen molar-refractivity contribution in [3.05, 3.63) is 76.8 Å². The molecule has 5 rings (SSSR count). The maximum absolute atomic E-state index is 13.0. The number of anilines is 1. The standard InChI is InChI=1S/C24H18ClNO5/c25-17-8-6-13(7-9-17)19(27)12-31-24(30)16-2-1-3-18(11-16)26-22(28)20-14-4-5-15(10-14)21(20)23(26)29/h1-9,11,14-15,20-21H,10,12H2. The van der Waals surface area contributed by atoms with E-state index in [-0.39, 0.29) is 46.8 Å². The molecule has 0 N–H and O–H groups in total. The number of carbonyl (C=O) groups excluding carboxylic acids is 4. The third-order valence-corrected chi connectivity index (χ3v) is 6.56. The first kappa shape index (κ1) is 19.7. The van der Waals surface area contributed by atoms with Gasteiger partial charge in [-0.25, -0.2) is 9.69 Å². The average Bonchev–Trinajstić information content (AvgIpc) is 3.46. The molecule has 4 unspecified atom stereocenters. The molecule has 6 nitrogen and oxygen atoms in total. The van der Waals surface area contributed by atoms with E-state index in [2.05, 4.69) is 0 Å². The van der Waals surface area contributed by atoms with Crippen LogP contribution in [0.25, 0.3) is 0 Å². The van der Waals surface area contributed by atoms with Crippen molar-refractivity contribution in [2.75, 3.05) is 11.5 Å². The predicted molar refractivity (Wildman–Crippen MR) is 113 cm³/mol. The van der Waals surface area contributed by atoms with Crippen LogP contribution >= 0.6 is 11.6 Å². The van der Waals surface area contributed by atoms with Crippen LogP contribution in [0.15, 0.2) is 60.7 Å². The number of halogens is 1. The van der Waals surface area contributed by atoms with Crippen molar-refractivity contribution >= 4 is 40.9 Å². The van der Waals surface area contributed by atoms with Crippen LogP contribution in [0.2, 0.25) is 5.02 Å². The number of Topliss-reactive ketones (excluding diaryl/α,β-unsaturated/α-hetero) is 1. The maximum Gasteiger partial charge on any atom is 0.338 e. The first-order valence-corrected chi connectivity index (χ1v) is 10.4. The number of amides is 2. The highest BCUT2D eigenvalue weighted by atomic mass is 35.5. The lowest BCUT2D eigenvalue weighted by atomic mass is 9.85. The Morgan fingerprint density at radius 1 is 0.935 bits per heavy atom. The maximum atomic E-state index is 13.0. The molecular formula is C24H18ClNO5. The van der Waals surface area contributed by atoms with Gasteiger partial charge < -0.3 is 4.74 Å². The van der Waals surface area contributed by atoms with Crippen molar-refractivity contribution in [3.8, 4) is 0 Å². The summed E-state index contributed by atoms with van der Waals surface area (Å²) in [6.07, 6.45) is 4.92.